The molecule has 0 unspecified atom stereocenters. The van der Waals surface area contributed by atoms with Crippen molar-refractivity contribution in [3.8, 4) is 0 Å². The molecule has 0 atom stereocenters. The molecule has 0 aliphatic carbocycles. The summed E-state index contributed by atoms with van der Waals surface area (Å²) >= 11 is 1.96. The molecular formula is C24H27F3N2O2S. The second-order valence-electron chi connectivity index (χ2n) is 8.32. The number of hydrogen-bond donors (Lipinski definition) is 1. The molecule has 172 valence electrons. The Morgan fingerprint density at radius 3 is 2.50 bits per heavy atom. The van der Waals surface area contributed by atoms with Crippen molar-refractivity contribution >= 4 is 23.4 Å². The van der Waals surface area contributed by atoms with E-state index in [9.17, 15) is 18.0 Å². The molecule has 2 aromatic rings. The van der Waals surface area contributed by atoms with E-state index in [0.717, 1.165) is 48.8 Å². The summed E-state index contributed by atoms with van der Waals surface area (Å²) in [4.78, 5) is 15.9. The zero-order chi connectivity index (χ0) is 22.6. The van der Waals surface area contributed by atoms with Gasteiger partial charge in [0.2, 0.25) is 5.91 Å². The summed E-state index contributed by atoms with van der Waals surface area (Å²) in [5.41, 5.74) is 0.358. The van der Waals surface area contributed by atoms with E-state index in [1.165, 1.54) is 6.07 Å². The van der Waals surface area contributed by atoms with Crippen LogP contribution in [-0.4, -0.2) is 48.6 Å². The standard InChI is InChI=1S/C24H27F3N2O2S/c25-24(26,27)20-5-2-4-19(16-20)23(7-11-31-12-8-23)22(30)28-21-6-1-3-18(15-21)17-29-9-13-32-14-10-29/h1-6,15-16H,7-14,17H2,(H,28,30). The van der Waals surface area contributed by atoms with Gasteiger partial charge in [0, 0.05) is 50.0 Å². The van der Waals surface area contributed by atoms with Crippen LogP contribution in [-0.2, 0) is 27.7 Å². The number of amides is 1. The summed E-state index contributed by atoms with van der Waals surface area (Å²) in [7, 11) is 0. The number of ether oxygens (including phenoxy) is 1. The van der Waals surface area contributed by atoms with Crippen molar-refractivity contribution in [2.45, 2.75) is 31.0 Å². The summed E-state index contributed by atoms with van der Waals surface area (Å²) in [6.07, 6.45) is -3.78. The molecule has 0 saturated carbocycles. The molecule has 1 N–H and O–H groups in total. The summed E-state index contributed by atoms with van der Waals surface area (Å²) < 4.78 is 45.4. The molecule has 2 saturated heterocycles. The van der Waals surface area contributed by atoms with Gasteiger partial charge in [-0.1, -0.05) is 30.3 Å². The van der Waals surface area contributed by atoms with Gasteiger partial charge in [-0.15, -0.1) is 0 Å². The lowest BCUT2D eigenvalue weighted by Crippen LogP contribution is -2.45. The maximum Gasteiger partial charge on any atom is 0.416 e. The number of benzene rings is 2. The van der Waals surface area contributed by atoms with Crippen LogP contribution in [0.15, 0.2) is 48.5 Å². The van der Waals surface area contributed by atoms with E-state index in [-0.39, 0.29) is 5.91 Å². The third-order valence-electron chi connectivity index (χ3n) is 6.22. The van der Waals surface area contributed by atoms with E-state index < -0.39 is 17.2 Å². The third kappa shape index (κ3) is 5.30. The van der Waals surface area contributed by atoms with Crippen LogP contribution in [0.1, 0.15) is 29.5 Å². The minimum absolute atomic E-state index is 0.286. The van der Waals surface area contributed by atoms with Crippen LogP contribution in [0.5, 0.6) is 0 Å². The van der Waals surface area contributed by atoms with Gasteiger partial charge in [-0.25, -0.2) is 0 Å². The number of nitrogens with one attached hydrogen (secondary N) is 1. The number of nitrogens with zero attached hydrogens (tertiary/aromatic N) is 1. The van der Waals surface area contributed by atoms with E-state index in [1.807, 2.05) is 36.0 Å². The lowest BCUT2D eigenvalue weighted by molar-refractivity contribution is -0.138. The zero-order valence-corrected chi connectivity index (χ0v) is 18.6. The van der Waals surface area contributed by atoms with Gasteiger partial charge in [0.05, 0.1) is 11.0 Å². The fourth-order valence-corrected chi connectivity index (χ4v) is 5.35. The first kappa shape index (κ1) is 23.1. The van der Waals surface area contributed by atoms with Crippen molar-refractivity contribution in [1.29, 1.82) is 0 Å². The predicted molar refractivity (Wildman–Crippen MR) is 121 cm³/mol. The molecular weight excluding hydrogens is 437 g/mol. The van der Waals surface area contributed by atoms with Crippen molar-refractivity contribution in [2.75, 3.05) is 43.1 Å². The minimum Gasteiger partial charge on any atom is -0.381 e. The number of carbonyl (C=O) groups excluding carboxylic acids is 1. The highest BCUT2D eigenvalue weighted by molar-refractivity contribution is 7.99. The zero-order valence-electron chi connectivity index (χ0n) is 17.8. The van der Waals surface area contributed by atoms with Crippen LogP contribution in [0.2, 0.25) is 0 Å². The molecule has 32 heavy (non-hydrogen) atoms. The average molecular weight is 465 g/mol. The summed E-state index contributed by atoms with van der Waals surface area (Å²) in [5.74, 6) is 1.96. The maximum absolute atomic E-state index is 13.5. The molecule has 4 nitrogen and oxygen atoms in total. The molecule has 4 rings (SSSR count). The van der Waals surface area contributed by atoms with Crippen LogP contribution >= 0.6 is 11.8 Å². The number of rotatable bonds is 5. The van der Waals surface area contributed by atoms with Crippen LogP contribution < -0.4 is 5.32 Å². The van der Waals surface area contributed by atoms with Gasteiger partial charge in [-0.05, 0) is 42.2 Å². The highest BCUT2D eigenvalue weighted by Gasteiger charge is 2.43. The summed E-state index contributed by atoms with van der Waals surface area (Å²) in [6.45, 7) is 3.56. The van der Waals surface area contributed by atoms with E-state index >= 15 is 0 Å². The van der Waals surface area contributed by atoms with Gasteiger partial charge in [-0.2, -0.15) is 24.9 Å². The number of carbonyl (C=O) groups is 1. The van der Waals surface area contributed by atoms with Gasteiger partial charge in [0.15, 0.2) is 0 Å². The topological polar surface area (TPSA) is 41.6 Å². The smallest absolute Gasteiger partial charge is 0.381 e. The molecule has 8 heteroatoms. The maximum atomic E-state index is 13.5. The molecule has 0 aromatic heterocycles. The van der Waals surface area contributed by atoms with Crippen molar-refractivity contribution in [1.82, 2.24) is 4.90 Å². The third-order valence-corrected chi connectivity index (χ3v) is 7.16. The van der Waals surface area contributed by atoms with E-state index in [0.29, 0.717) is 37.3 Å². The Labute approximate surface area is 190 Å². The Balaban J connectivity index is 1.56. The van der Waals surface area contributed by atoms with Crippen molar-refractivity contribution in [3.05, 3.63) is 65.2 Å². The number of thioether (sulfide) groups is 1. The van der Waals surface area contributed by atoms with Crippen molar-refractivity contribution in [2.24, 2.45) is 0 Å². The summed E-state index contributed by atoms with van der Waals surface area (Å²) in [6, 6.07) is 12.9. The molecule has 0 bridgehead atoms. The van der Waals surface area contributed by atoms with Crippen molar-refractivity contribution in [3.63, 3.8) is 0 Å². The van der Waals surface area contributed by atoms with E-state index in [2.05, 4.69) is 10.2 Å². The second kappa shape index (κ2) is 9.85. The number of hydrogen-bond acceptors (Lipinski definition) is 4. The van der Waals surface area contributed by atoms with E-state index in [1.54, 1.807) is 6.07 Å². The Morgan fingerprint density at radius 1 is 1.06 bits per heavy atom. The highest BCUT2D eigenvalue weighted by Crippen LogP contribution is 2.39. The SMILES string of the molecule is O=C(Nc1cccc(CN2CCSCC2)c1)C1(c2cccc(C(F)(F)F)c2)CCOCC1. The Bertz CT molecular complexity index is 939. The first-order chi connectivity index (χ1) is 15.4. The minimum atomic E-state index is -4.46. The van der Waals surface area contributed by atoms with Gasteiger partial charge in [0.25, 0.3) is 0 Å². The van der Waals surface area contributed by atoms with Crippen LogP contribution in [0.3, 0.4) is 0 Å². The molecule has 0 radical (unpaired) electrons. The summed E-state index contributed by atoms with van der Waals surface area (Å²) in [5, 5.41) is 2.99. The molecule has 2 aliphatic rings. The second-order valence-corrected chi connectivity index (χ2v) is 9.54. The quantitative estimate of drug-likeness (QED) is 0.681. The predicted octanol–water partition coefficient (Wildman–Crippen LogP) is 4.94. The molecule has 2 heterocycles. The highest BCUT2D eigenvalue weighted by atomic mass is 32.2. The van der Waals surface area contributed by atoms with Gasteiger partial charge >= 0.3 is 6.18 Å². The average Bonchev–Trinajstić information content (AvgIpc) is 2.80. The molecule has 2 aliphatic heterocycles. The molecule has 2 fully saturated rings. The first-order valence-electron chi connectivity index (χ1n) is 10.8. The lowest BCUT2D eigenvalue weighted by atomic mass is 9.73. The van der Waals surface area contributed by atoms with Crippen LogP contribution in [0, 0.1) is 0 Å². The van der Waals surface area contributed by atoms with Crippen LogP contribution in [0.4, 0.5) is 18.9 Å². The molecule has 0 spiro atoms. The van der Waals surface area contributed by atoms with Gasteiger partial charge < -0.3 is 10.1 Å². The van der Waals surface area contributed by atoms with Gasteiger partial charge in [0.1, 0.15) is 0 Å². The van der Waals surface area contributed by atoms with Gasteiger partial charge in [-0.3, -0.25) is 9.69 Å². The monoisotopic (exact) mass is 464 g/mol. The molecule has 1 amide bonds. The first-order valence-corrected chi connectivity index (χ1v) is 12.0. The Kier molecular flexibility index (Phi) is 7.12. The fraction of sp³-hybridized carbons (Fsp3) is 0.458. The lowest BCUT2D eigenvalue weighted by Gasteiger charge is -2.36. The van der Waals surface area contributed by atoms with E-state index in [4.69, 9.17) is 4.74 Å². The number of alkyl halides is 3. The molecule has 2 aromatic carbocycles. The van der Waals surface area contributed by atoms with Crippen LogP contribution in [0.25, 0.3) is 0 Å². The number of halogens is 3. The normalized spacial score (nSPS) is 19.5. The fourth-order valence-electron chi connectivity index (χ4n) is 4.38. The Hall–Kier alpha value is -2.03. The Morgan fingerprint density at radius 2 is 1.78 bits per heavy atom. The largest absolute Gasteiger partial charge is 0.416 e. The van der Waals surface area contributed by atoms with Crippen molar-refractivity contribution < 1.29 is 22.7 Å². The number of anilines is 1.